The predicted octanol–water partition coefficient (Wildman–Crippen LogP) is 3.02. The summed E-state index contributed by atoms with van der Waals surface area (Å²) in [5, 5.41) is 14.0. The van der Waals surface area contributed by atoms with Gasteiger partial charge in [-0.05, 0) is 44.0 Å². The fraction of sp³-hybridized carbons (Fsp3) is 0.364. The minimum atomic E-state index is -0.980. The van der Waals surface area contributed by atoms with Gasteiger partial charge in [0, 0.05) is 24.7 Å². The van der Waals surface area contributed by atoms with E-state index in [1.165, 1.54) is 24.4 Å². The lowest BCUT2D eigenvalue weighted by Gasteiger charge is -2.27. The van der Waals surface area contributed by atoms with Crippen molar-refractivity contribution in [3.63, 3.8) is 0 Å². The third kappa shape index (κ3) is 6.45. The molecule has 2 atom stereocenters. The van der Waals surface area contributed by atoms with Crippen LogP contribution in [0, 0.1) is 11.6 Å². The number of carbonyl (C=O) groups excluding carboxylic acids is 2. The third-order valence-corrected chi connectivity index (χ3v) is 5.08. The molecule has 2 aromatic rings. The van der Waals surface area contributed by atoms with Gasteiger partial charge in [-0.3, -0.25) is 14.6 Å². The monoisotopic (exact) mass is 462 g/mol. The molecule has 0 bridgehead atoms. The number of aromatic nitrogens is 1. The third-order valence-electron chi connectivity index (χ3n) is 5.08. The topological polar surface area (TPSA) is 136 Å². The van der Waals surface area contributed by atoms with Crippen molar-refractivity contribution in [3.05, 3.63) is 53.9 Å². The summed E-state index contributed by atoms with van der Waals surface area (Å²) in [7, 11) is 0. The van der Waals surface area contributed by atoms with Crippen molar-refractivity contribution < 1.29 is 33.1 Å². The zero-order chi connectivity index (χ0) is 24.0. The molecule has 2 amide bonds. The Bertz CT molecular complexity index is 1040. The fourth-order valence-corrected chi connectivity index (χ4v) is 3.25. The van der Waals surface area contributed by atoms with Crippen molar-refractivity contribution in [1.29, 1.82) is 0 Å². The van der Waals surface area contributed by atoms with Gasteiger partial charge in [0.2, 0.25) is 5.82 Å². The van der Waals surface area contributed by atoms with Crippen LogP contribution in [0.25, 0.3) is 0 Å². The van der Waals surface area contributed by atoms with E-state index in [1.807, 2.05) is 6.92 Å². The summed E-state index contributed by atoms with van der Waals surface area (Å²) in [6.45, 7) is 1.94. The molecule has 2 aliphatic rings. The van der Waals surface area contributed by atoms with Gasteiger partial charge in [0.25, 0.3) is 11.8 Å². The summed E-state index contributed by atoms with van der Waals surface area (Å²) in [6, 6.07) is 6.82. The Labute approximate surface area is 188 Å². The number of rotatable bonds is 5. The Kier molecular flexibility index (Phi) is 7.88. The Balaban J connectivity index is 0.000000189. The van der Waals surface area contributed by atoms with Gasteiger partial charge in [-0.25, -0.2) is 4.39 Å². The number of nitrogens with one attached hydrogen (secondary N) is 1. The smallest absolute Gasteiger partial charge is 0.267 e. The van der Waals surface area contributed by atoms with E-state index in [1.54, 1.807) is 6.07 Å². The number of pyridine rings is 1. The average molecular weight is 462 g/mol. The van der Waals surface area contributed by atoms with E-state index in [-0.39, 0.29) is 29.6 Å². The molecule has 11 heteroatoms. The van der Waals surface area contributed by atoms with Gasteiger partial charge < -0.3 is 25.7 Å². The minimum Gasteiger partial charge on any atom is -0.486 e. The van der Waals surface area contributed by atoms with Gasteiger partial charge >= 0.3 is 0 Å². The standard InChI is InChI=1S/C12H15N3O3.C10H9F2NO2/c1-7-2-3-10(18-7)12(17)15-8-4-5-14-9(6-8)11(13)16;11-8-2-1-3-9(10(8)12)15-7-4-6(5-7)13-14/h4-7,10H,2-3H2,1H3,(H2,13,16)(H,14,15,17);1-3,7,14H,4-5H2. The Morgan fingerprint density at radius 3 is 2.67 bits per heavy atom. The molecular formula is C22H24F2N4O5. The van der Waals surface area contributed by atoms with Crippen LogP contribution in [0.2, 0.25) is 0 Å². The van der Waals surface area contributed by atoms with Crippen LogP contribution in [0.4, 0.5) is 14.5 Å². The molecule has 9 nitrogen and oxygen atoms in total. The number of oxime groups is 1. The predicted molar refractivity (Wildman–Crippen MR) is 114 cm³/mol. The summed E-state index contributed by atoms with van der Waals surface area (Å²) in [5.74, 6) is -2.84. The molecule has 1 aliphatic heterocycles. The van der Waals surface area contributed by atoms with E-state index in [0.29, 0.717) is 30.7 Å². The number of halogens is 2. The zero-order valence-corrected chi connectivity index (χ0v) is 17.8. The second kappa shape index (κ2) is 10.8. The molecule has 176 valence electrons. The van der Waals surface area contributed by atoms with Crippen LogP contribution in [0.5, 0.6) is 5.75 Å². The molecular weight excluding hydrogens is 438 g/mol. The van der Waals surface area contributed by atoms with Crippen LogP contribution in [0.1, 0.15) is 43.1 Å². The van der Waals surface area contributed by atoms with Crippen molar-refractivity contribution >= 4 is 23.2 Å². The molecule has 1 aromatic heterocycles. The molecule has 33 heavy (non-hydrogen) atoms. The highest BCUT2D eigenvalue weighted by molar-refractivity contribution is 5.96. The second-order valence-electron chi connectivity index (χ2n) is 7.66. The maximum atomic E-state index is 13.1. The molecule has 2 fully saturated rings. The van der Waals surface area contributed by atoms with Gasteiger partial charge in [-0.2, -0.15) is 4.39 Å². The van der Waals surface area contributed by atoms with Crippen molar-refractivity contribution in [2.75, 3.05) is 5.32 Å². The molecule has 2 heterocycles. The largest absolute Gasteiger partial charge is 0.486 e. The zero-order valence-electron chi connectivity index (χ0n) is 17.8. The Hall–Kier alpha value is -3.60. The van der Waals surface area contributed by atoms with E-state index >= 15 is 0 Å². The molecule has 1 aromatic carbocycles. The molecule has 1 saturated heterocycles. The quantitative estimate of drug-likeness (QED) is 0.462. The van der Waals surface area contributed by atoms with E-state index < -0.39 is 23.6 Å². The lowest BCUT2D eigenvalue weighted by atomic mass is 9.93. The number of anilines is 1. The Morgan fingerprint density at radius 1 is 1.27 bits per heavy atom. The molecule has 0 spiro atoms. The maximum absolute atomic E-state index is 13.1. The number of primary amides is 1. The molecule has 4 N–H and O–H groups in total. The maximum Gasteiger partial charge on any atom is 0.267 e. The van der Waals surface area contributed by atoms with Crippen LogP contribution in [0.3, 0.4) is 0 Å². The average Bonchev–Trinajstić information content (AvgIpc) is 3.20. The van der Waals surface area contributed by atoms with Gasteiger partial charge in [0.05, 0.1) is 11.8 Å². The number of hydrogen-bond donors (Lipinski definition) is 3. The van der Waals surface area contributed by atoms with Crippen molar-refractivity contribution in [1.82, 2.24) is 4.98 Å². The normalized spacial score (nSPS) is 21.3. The van der Waals surface area contributed by atoms with Crippen LogP contribution in [0.15, 0.2) is 41.7 Å². The van der Waals surface area contributed by atoms with E-state index in [2.05, 4.69) is 15.5 Å². The fourth-order valence-electron chi connectivity index (χ4n) is 3.25. The van der Waals surface area contributed by atoms with Crippen molar-refractivity contribution in [2.45, 2.75) is 50.9 Å². The van der Waals surface area contributed by atoms with Gasteiger partial charge in [-0.1, -0.05) is 11.2 Å². The van der Waals surface area contributed by atoms with Gasteiger partial charge in [-0.15, -0.1) is 0 Å². The first-order valence-electron chi connectivity index (χ1n) is 10.3. The number of carbonyl (C=O) groups is 2. The van der Waals surface area contributed by atoms with Crippen LogP contribution >= 0.6 is 0 Å². The summed E-state index contributed by atoms with van der Waals surface area (Å²) in [4.78, 5) is 26.6. The summed E-state index contributed by atoms with van der Waals surface area (Å²) < 4.78 is 36.5. The first-order chi connectivity index (χ1) is 15.8. The van der Waals surface area contributed by atoms with E-state index in [0.717, 1.165) is 12.5 Å². The highest BCUT2D eigenvalue weighted by Gasteiger charge is 2.29. The number of ether oxygens (including phenoxy) is 2. The van der Waals surface area contributed by atoms with E-state index in [4.69, 9.17) is 20.4 Å². The lowest BCUT2D eigenvalue weighted by Crippen LogP contribution is -2.34. The number of amides is 2. The first kappa shape index (κ1) is 24.1. The Morgan fingerprint density at radius 2 is 2.03 bits per heavy atom. The lowest BCUT2D eigenvalue weighted by molar-refractivity contribution is -0.126. The number of nitrogens with zero attached hydrogens (tertiary/aromatic N) is 2. The highest BCUT2D eigenvalue weighted by atomic mass is 19.2. The molecule has 1 saturated carbocycles. The van der Waals surface area contributed by atoms with Crippen molar-refractivity contribution in [2.24, 2.45) is 10.9 Å². The van der Waals surface area contributed by atoms with E-state index in [9.17, 15) is 18.4 Å². The summed E-state index contributed by atoms with van der Waals surface area (Å²) in [6.07, 6.45) is 3.37. The molecule has 2 unspecified atom stereocenters. The summed E-state index contributed by atoms with van der Waals surface area (Å²) in [5.41, 5.74) is 6.33. The van der Waals surface area contributed by atoms with Crippen molar-refractivity contribution in [3.8, 4) is 5.75 Å². The van der Waals surface area contributed by atoms with Gasteiger partial charge in [0.15, 0.2) is 11.6 Å². The number of hydrogen-bond acceptors (Lipinski definition) is 7. The second-order valence-corrected chi connectivity index (χ2v) is 7.66. The van der Waals surface area contributed by atoms with Crippen LogP contribution in [-0.4, -0.2) is 46.0 Å². The number of nitrogens with two attached hydrogens (primary N) is 1. The molecule has 0 radical (unpaired) electrons. The van der Waals surface area contributed by atoms with Crippen LogP contribution < -0.4 is 15.8 Å². The molecule has 4 rings (SSSR count). The van der Waals surface area contributed by atoms with Crippen LogP contribution in [-0.2, 0) is 9.53 Å². The first-order valence-corrected chi connectivity index (χ1v) is 10.3. The molecule has 1 aliphatic carbocycles. The highest BCUT2D eigenvalue weighted by Crippen LogP contribution is 2.26. The van der Waals surface area contributed by atoms with Gasteiger partial charge in [0.1, 0.15) is 17.9 Å². The SMILES string of the molecule is CC1CCC(C(=O)Nc2ccnc(C(N)=O)c2)O1.ON=C1CC(Oc2cccc(F)c2F)C1. The minimum absolute atomic E-state index is 0.100. The summed E-state index contributed by atoms with van der Waals surface area (Å²) >= 11 is 0. The number of benzene rings is 1.